The first-order valence-corrected chi connectivity index (χ1v) is 7.19. The second-order valence-corrected chi connectivity index (χ2v) is 5.57. The second-order valence-electron chi connectivity index (χ2n) is 4.65. The Morgan fingerprint density at radius 1 is 1.14 bits per heavy atom. The van der Waals surface area contributed by atoms with Gasteiger partial charge in [0.15, 0.2) is 0 Å². The molecule has 0 saturated heterocycles. The number of hydrogen-bond acceptors (Lipinski definition) is 4. The van der Waals surface area contributed by atoms with E-state index in [1.165, 1.54) is 4.90 Å². The third-order valence-electron chi connectivity index (χ3n) is 3.32. The van der Waals surface area contributed by atoms with Crippen molar-refractivity contribution in [1.29, 1.82) is 0 Å². The van der Waals surface area contributed by atoms with Crippen LogP contribution in [0.5, 0.6) is 0 Å². The van der Waals surface area contributed by atoms with Gasteiger partial charge in [-0.05, 0) is 30.3 Å². The number of benzene rings is 1. The number of aromatic nitrogens is 1. The summed E-state index contributed by atoms with van der Waals surface area (Å²) in [4.78, 5) is 30.2. The van der Waals surface area contributed by atoms with Crippen LogP contribution in [0, 0.1) is 0 Å². The van der Waals surface area contributed by atoms with Crippen LogP contribution in [0.15, 0.2) is 40.9 Å². The number of halogens is 1. The molecule has 0 unspecified atom stereocenters. The van der Waals surface area contributed by atoms with E-state index in [0.29, 0.717) is 22.6 Å². The van der Waals surface area contributed by atoms with Gasteiger partial charge < -0.3 is 5.32 Å². The van der Waals surface area contributed by atoms with Gasteiger partial charge in [0, 0.05) is 11.5 Å². The second kappa shape index (κ2) is 5.29. The molecule has 2 aromatic rings. The Kier molecular flexibility index (Phi) is 3.47. The third kappa shape index (κ3) is 2.42. The fourth-order valence-corrected chi connectivity index (χ4v) is 2.64. The van der Waals surface area contributed by atoms with Crippen molar-refractivity contribution < 1.29 is 9.59 Å². The van der Waals surface area contributed by atoms with Crippen LogP contribution in [0.1, 0.15) is 26.4 Å². The zero-order valence-corrected chi connectivity index (χ0v) is 12.8. The van der Waals surface area contributed by atoms with Gasteiger partial charge in [0.05, 0.1) is 23.4 Å². The highest BCUT2D eigenvalue weighted by molar-refractivity contribution is 9.10. The number of pyridine rings is 1. The smallest absolute Gasteiger partial charge is 0.261 e. The Bertz CT molecular complexity index is 745. The molecule has 1 aromatic heterocycles. The molecular formula is C15H12BrN3O2. The predicted molar refractivity (Wildman–Crippen MR) is 82.1 cm³/mol. The molecule has 1 N–H and O–H groups in total. The highest BCUT2D eigenvalue weighted by Gasteiger charge is 2.35. The van der Waals surface area contributed by atoms with Crippen LogP contribution in [0.25, 0.3) is 0 Å². The maximum atomic E-state index is 12.4. The van der Waals surface area contributed by atoms with E-state index < -0.39 is 0 Å². The molecule has 3 rings (SSSR count). The number of hydrogen-bond donors (Lipinski definition) is 1. The quantitative estimate of drug-likeness (QED) is 0.868. The Morgan fingerprint density at radius 3 is 2.67 bits per heavy atom. The lowest BCUT2D eigenvalue weighted by Crippen LogP contribution is -2.29. The van der Waals surface area contributed by atoms with Crippen molar-refractivity contribution in [3.8, 4) is 0 Å². The van der Waals surface area contributed by atoms with Crippen molar-refractivity contribution in [2.45, 2.75) is 6.54 Å². The van der Waals surface area contributed by atoms with E-state index in [1.807, 2.05) is 12.1 Å². The minimum absolute atomic E-state index is 0.166. The molecule has 21 heavy (non-hydrogen) atoms. The van der Waals surface area contributed by atoms with E-state index in [9.17, 15) is 9.59 Å². The third-order valence-corrected chi connectivity index (χ3v) is 3.81. The first-order chi connectivity index (χ1) is 10.1. The van der Waals surface area contributed by atoms with Crippen LogP contribution in [0.3, 0.4) is 0 Å². The number of amides is 2. The molecule has 2 amide bonds. The highest BCUT2D eigenvalue weighted by Crippen LogP contribution is 2.27. The Balaban J connectivity index is 1.91. The highest BCUT2D eigenvalue weighted by atomic mass is 79.9. The number of carbonyl (C=O) groups is 2. The Morgan fingerprint density at radius 2 is 1.90 bits per heavy atom. The molecule has 0 bridgehead atoms. The van der Waals surface area contributed by atoms with Crippen molar-refractivity contribution >= 4 is 33.6 Å². The molecule has 1 aliphatic heterocycles. The van der Waals surface area contributed by atoms with Crippen molar-refractivity contribution in [2.75, 3.05) is 12.4 Å². The normalized spacial score (nSPS) is 13.5. The van der Waals surface area contributed by atoms with Crippen LogP contribution < -0.4 is 5.32 Å². The molecule has 0 aliphatic carbocycles. The molecule has 0 fully saturated rings. The number of rotatable bonds is 3. The van der Waals surface area contributed by atoms with Crippen molar-refractivity contribution in [2.24, 2.45) is 0 Å². The van der Waals surface area contributed by atoms with E-state index in [-0.39, 0.29) is 18.4 Å². The minimum Gasteiger partial charge on any atom is -0.373 e. The molecule has 6 heteroatoms. The fourth-order valence-electron chi connectivity index (χ4n) is 2.28. The van der Waals surface area contributed by atoms with Gasteiger partial charge in [-0.15, -0.1) is 0 Å². The molecule has 106 valence electrons. The number of carbonyl (C=O) groups excluding carboxylic acids is 2. The summed E-state index contributed by atoms with van der Waals surface area (Å²) < 4.78 is 0.777. The number of fused-ring (bicyclic) bond motifs is 1. The van der Waals surface area contributed by atoms with Crippen molar-refractivity contribution in [3.63, 3.8) is 0 Å². The first kappa shape index (κ1) is 13.8. The van der Waals surface area contributed by atoms with E-state index in [2.05, 4.69) is 26.2 Å². The van der Waals surface area contributed by atoms with Crippen LogP contribution >= 0.6 is 15.9 Å². The lowest BCUT2D eigenvalue weighted by atomic mass is 10.1. The van der Waals surface area contributed by atoms with Crippen molar-refractivity contribution in [1.82, 2.24) is 9.88 Å². The lowest BCUT2D eigenvalue weighted by Gasteiger charge is -2.13. The van der Waals surface area contributed by atoms with Gasteiger partial charge in [-0.2, -0.15) is 0 Å². The summed E-state index contributed by atoms with van der Waals surface area (Å²) in [6.45, 7) is 0.166. The van der Waals surface area contributed by atoms with Crippen LogP contribution in [-0.2, 0) is 6.54 Å². The molecule has 2 heterocycles. The van der Waals surface area contributed by atoms with Crippen LogP contribution in [0.4, 0.5) is 5.82 Å². The summed E-state index contributed by atoms with van der Waals surface area (Å²) in [6.07, 6.45) is 0. The number of anilines is 1. The van der Waals surface area contributed by atoms with Gasteiger partial charge in [-0.25, -0.2) is 4.98 Å². The van der Waals surface area contributed by atoms with Gasteiger partial charge in [-0.3, -0.25) is 14.5 Å². The molecule has 0 radical (unpaired) electrons. The topological polar surface area (TPSA) is 62.3 Å². The van der Waals surface area contributed by atoms with Gasteiger partial charge >= 0.3 is 0 Å². The minimum atomic E-state index is -0.284. The summed E-state index contributed by atoms with van der Waals surface area (Å²) in [5.41, 5.74) is 1.53. The summed E-state index contributed by atoms with van der Waals surface area (Å²) in [5.74, 6) is 0.138. The molecule has 1 aromatic carbocycles. The Labute approximate surface area is 130 Å². The molecule has 0 saturated carbocycles. The zero-order valence-electron chi connectivity index (χ0n) is 11.3. The largest absolute Gasteiger partial charge is 0.373 e. The monoisotopic (exact) mass is 345 g/mol. The summed E-state index contributed by atoms with van der Waals surface area (Å²) in [7, 11) is 1.77. The molecular weight excluding hydrogens is 334 g/mol. The maximum Gasteiger partial charge on any atom is 0.261 e. The number of imide groups is 1. The lowest BCUT2D eigenvalue weighted by molar-refractivity contribution is 0.0640. The van der Waals surface area contributed by atoms with E-state index >= 15 is 0 Å². The van der Waals surface area contributed by atoms with Crippen molar-refractivity contribution in [3.05, 3.63) is 57.7 Å². The average Bonchev–Trinajstić information content (AvgIpc) is 2.72. The molecule has 5 nitrogen and oxygen atoms in total. The summed E-state index contributed by atoms with van der Waals surface area (Å²) in [5, 5.41) is 2.93. The predicted octanol–water partition coefficient (Wildman–Crippen LogP) is 2.68. The van der Waals surface area contributed by atoms with E-state index in [1.54, 1.807) is 31.3 Å². The van der Waals surface area contributed by atoms with Gasteiger partial charge in [0.1, 0.15) is 5.82 Å². The molecule has 1 aliphatic rings. The first-order valence-electron chi connectivity index (χ1n) is 6.39. The summed E-state index contributed by atoms with van der Waals surface area (Å²) in [6, 6.07) is 10.5. The van der Waals surface area contributed by atoms with E-state index in [0.717, 1.165) is 4.47 Å². The van der Waals surface area contributed by atoms with Gasteiger partial charge in [0.2, 0.25) is 0 Å². The fraction of sp³-hybridized carbons (Fsp3) is 0.133. The molecule has 0 atom stereocenters. The summed E-state index contributed by atoms with van der Waals surface area (Å²) >= 11 is 3.32. The van der Waals surface area contributed by atoms with Gasteiger partial charge in [0.25, 0.3) is 11.8 Å². The molecule has 0 spiro atoms. The van der Waals surface area contributed by atoms with Crippen LogP contribution in [-0.4, -0.2) is 28.7 Å². The van der Waals surface area contributed by atoms with Crippen LogP contribution in [0.2, 0.25) is 0 Å². The van der Waals surface area contributed by atoms with Gasteiger partial charge in [-0.1, -0.05) is 22.0 Å². The Hall–Kier alpha value is -2.21. The zero-order chi connectivity index (χ0) is 15.0. The number of nitrogens with one attached hydrogen (secondary N) is 1. The number of nitrogens with zero attached hydrogens (tertiary/aromatic N) is 2. The maximum absolute atomic E-state index is 12.4. The standard InChI is InChI=1S/C15H12BrN3O2/c1-17-13-4-2-3-10(18-13)8-19-14(20)11-6-5-9(16)7-12(11)15(19)21/h2-7H,8H2,1H3,(H,17,18). The average molecular weight is 346 g/mol. The SMILES string of the molecule is CNc1cccc(CN2C(=O)c3ccc(Br)cc3C2=O)n1. The van der Waals surface area contributed by atoms with E-state index in [4.69, 9.17) is 0 Å².